The number of aliphatic hydroxyl groups excluding tert-OH is 1. The molecule has 0 aromatic heterocycles. The number of hydrogen-bond acceptors (Lipinski definition) is 3. The first-order valence-electron chi connectivity index (χ1n) is 6.21. The second kappa shape index (κ2) is 6.25. The predicted octanol–water partition coefficient (Wildman–Crippen LogP) is 2.04. The Balaban J connectivity index is 2.07. The van der Waals surface area contributed by atoms with Gasteiger partial charge in [0.05, 0.1) is 18.7 Å². The van der Waals surface area contributed by atoms with Gasteiger partial charge in [0, 0.05) is 10.6 Å². The number of thioether (sulfide) groups is 1. The first-order valence-corrected chi connectivity index (χ1v) is 7.19. The maximum absolute atomic E-state index is 13.7. The van der Waals surface area contributed by atoms with E-state index in [1.807, 2.05) is 6.07 Å². The number of aliphatic hydroxyl groups is 1. The molecule has 4 nitrogen and oxygen atoms in total. The SMILES string of the molecule is C[C@@H](CO)NC(=O)NC1CCSc2c(F)cccc21. The number of rotatable bonds is 3. The maximum atomic E-state index is 13.7. The van der Waals surface area contributed by atoms with Crippen LogP contribution in [0.3, 0.4) is 0 Å². The lowest BCUT2D eigenvalue weighted by Crippen LogP contribution is -2.44. The summed E-state index contributed by atoms with van der Waals surface area (Å²) in [5.74, 6) is 0.534. The van der Waals surface area contributed by atoms with Crippen LogP contribution in [-0.2, 0) is 0 Å². The Labute approximate surface area is 115 Å². The monoisotopic (exact) mass is 284 g/mol. The molecule has 1 aliphatic heterocycles. The summed E-state index contributed by atoms with van der Waals surface area (Å²) in [6.45, 7) is 1.60. The molecule has 0 saturated carbocycles. The molecule has 2 amide bonds. The van der Waals surface area contributed by atoms with Crippen LogP contribution in [0.25, 0.3) is 0 Å². The fraction of sp³-hybridized carbons (Fsp3) is 0.462. The summed E-state index contributed by atoms with van der Waals surface area (Å²) >= 11 is 1.48. The Kier molecular flexibility index (Phi) is 4.66. The zero-order valence-electron chi connectivity index (χ0n) is 10.6. The van der Waals surface area contributed by atoms with Crippen molar-refractivity contribution in [3.05, 3.63) is 29.6 Å². The van der Waals surface area contributed by atoms with Gasteiger partial charge in [0.2, 0.25) is 0 Å². The zero-order chi connectivity index (χ0) is 13.8. The standard InChI is InChI=1S/C13H17FN2O2S/c1-8(7-17)15-13(18)16-11-5-6-19-12-9(11)3-2-4-10(12)14/h2-4,8,11,17H,5-7H2,1H3,(H2,15,16,18)/t8-,11?/m0/s1. The Morgan fingerprint density at radius 3 is 3.16 bits per heavy atom. The molecule has 6 heteroatoms. The summed E-state index contributed by atoms with van der Waals surface area (Å²) in [6.07, 6.45) is 0.766. The molecule has 19 heavy (non-hydrogen) atoms. The molecule has 0 bridgehead atoms. The molecular weight excluding hydrogens is 267 g/mol. The number of nitrogens with one attached hydrogen (secondary N) is 2. The minimum atomic E-state index is -0.339. The molecule has 104 valence electrons. The number of urea groups is 1. The molecule has 0 saturated heterocycles. The lowest BCUT2D eigenvalue weighted by molar-refractivity contribution is 0.217. The summed E-state index contributed by atoms with van der Waals surface area (Å²) in [7, 11) is 0. The second-order valence-electron chi connectivity index (χ2n) is 4.55. The first kappa shape index (κ1) is 14.1. The van der Waals surface area contributed by atoms with E-state index in [1.54, 1.807) is 13.0 Å². The molecule has 0 aliphatic carbocycles. The minimum Gasteiger partial charge on any atom is -0.394 e. The fourth-order valence-corrected chi connectivity index (χ4v) is 3.15. The molecule has 1 unspecified atom stereocenters. The Hall–Kier alpha value is -1.27. The minimum absolute atomic E-state index is 0.112. The van der Waals surface area contributed by atoms with Gasteiger partial charge in [0.1, 0.15) is 5.82 Å². The van der Waals surface area contributed by atoms with Gasteiger partial charge in [0.25, 0.3) is 0 Å². The second-order valence-corrected chi connectivity index (χ2v) is 5.65. The van der Waals surface area contributed by atoms with Crippen molar-refractivity contribution < 1.29 is 14.3 Å². The molecule has 1 aromatic carbocycles. The van der Waals surface area contributed by atoms with Crippen molar-refractivity contribution in [3.63, 3.8) is 0 Å². The van der Waals surface area contributed by atoms with Crippen LogP contribution in [-0.4, -0.2) is 29.5 Å². The van der Waals surface area contributed by atoms with Crippen molar-refractivity contribution in [2.45, 2.75) is 30.3 Å². The van der Waals surface area contributed by atoms with E-state index >= 15 is 0 Å². The Morgan fingerprint density at radius 1 is 1.63 bits per heavy atom. The van der Waals surface area contributed by atoms with Crippen molar-refractivity contribution >= 4 is 17.8 Å². The van der Waals surface area contributed by atoms with E-state index in [9.17, 15) is 9.18 Å². The van der Waals surface area contributed by atoms with E-state index in [0.717, 1.165) is 17.7 Å². The lowest BCUT2D eigenvalue weighted by atomic mass is 10.0. The molecule has 0 spiro atoms. The van der Waals surface area contributed by atoms with E-state index in [0.29, 0.717) is 4.90 Å². The van der Waals surface area contributed by atoms with Gasteiger partial charge in [-0.1, -0.05) is 12.1 Å². The number of amides is 2. The van der Waals surface area contributed by atoms with Crippen molar-refractivity contribution in [1.29, 1.82) is 0 Å². The van der Waals surface area contributed by atoms with Crippen LogP contribution in [0.1, 0.15) is 24.9 Å². The third kappa shape index (κ3) is 3.39. The molecule has 1 heterocycles. The lowest BCUT2D eigenvalue weighted by Gasteiger charge is -2.26. The Morgan fingerprint density at radius 2 is 2.42 bits per heavy atom. The van der Waals surface area contributed by atoms with E-state index in [4.69, 9.17) is 5.11 Å². The van der Waals surface area contributed by atoms with Crippen molar-refractivity contribution in [2.75, 3.05) is 12.4 Å². The number of carbonyl (C=O) groups is 1. The smallest absolute Gasteiger partial charge is 0.315 e. The highest BCUT2D eigenvalue weighted by atomic mass is 32.2. The Bertz CT molecular complexity index is 470. The van der Waals surface area contributed by atoms with Gasteiger partial charge < -0.3 is 15.7 Å². The van der Waals surface area contributed by atoms with Crippen LogP contribution < -0.4 is 10.6 Å². The van der Waals surface area contributed by atoms with E-state index in [2.05, 4.69) is 10.6 Å². The summed E-state index contributed by atoms with van der Waals surface area (Å²) in [5.41, 5.74) is 0.822. The van der Waals surface area contributed by atoms with Gasteiger partial charge >= 0.3 is 6.03 Å². The number of fused-ring (bicyclic) bond motifs is 1. The maximum Gasteiger partial charge on any atom is 0.315 e. The highest BCUT2D eigenvalue weighted by Crippen LogP contribution is 2.37. The topological polar surface area (TPSA) is 61.4 Å². The van der Waals surface area contributed by atoms with Gasteiger partial charge in [-0.15, -0.1) is 11.8 Å². The molecular formula is C13H17FN2O2S. The van der Waals surface area contributed by atoms with Crippen LogP contribution in [0.15, 0.2) is 23.1 Å². The number of halogens is 1. The molecule has 3 N–H and O–H groups in total. The van der Waals surface area contributed by atoms with Gasteiger partial charge in [0.15, 0.2) is 0 Å². The van der Waals surface area contributed by atoms with E-state index in [-0.39, 0.29) is 30.5 Å². The van der Waals surface area contributed by atoms with Crippen LogP contribution in [0.5, 0.6) is 0 Å². The third-order valence-electron chi connectivity index (χ3n) is 2.98. The molecule has 2 atom stereocenters. The van der Waals surface area contributed by atoms with E-state index in [1.165, 1.54) is 17.8 Å². The number of carbonyl (C=O) groups excluding carboxylic acids is 1. The average molecular weight is 284 g/mol. The highest BCUT2D eigenvalue weighted by Gasteiger charge is 2.24. The molecule has 1 aliphatic rings. The number of benzene rings is 1. The van der Waals surface area contributed by atoms with Crippen molar-refractivity contribution in [3.8, 4) is 0 Å². The van der Waals surface area contributed by atoms with Crippen LogP contribution in [0.2, 0.25) is 0 Å². The van der Waals surface area contributed by atoms with Gasteiger partial charge in [-0.25, -0.2) is 9.18 Å². The third-order valence-corrected chi connectivity index (χ3v) is 4.14. The van der Waals surface area contributed by atoms with Gasteiger partial charge in [-0.2, -0.15) is 0 Å². The summed E-state index contributed by atoms with van der Waals surface area (Å²) in [5, 5.41) is 14.3. The van der Waals surface area contributed by atoms with E-state index < -0.39 is 0 Å². The van der Waals surface area contributed by atoms with Crippen LogP contribution >= 0.6 is 11.8 Å². The summed E-state index contributed by atoms with van der Waals surface area (Å²) < 4.78 is 13.7. The molecule has 1 aromatic rings. The predicted molar refractivity (Wildman–Crippen MR) is 72.7 cm³/mol. The average Bonchev–Trinajstić information content (AvgIpc) is 2.39. The normalized spacial score (nSPS) is 19.4. The summed E-state index contributed by atoms with van der Waals surface area (Å²) in [4.78, 5) is 12.4. The first-order chi connectivity index (χ1) is 9.11. The van der Waals surface area contributed by atoms with Crippen LogP contribution in [0.4, 0.5) is 9.18 Å². The fourth-order valence-electron chi connectivity index (χ4n) is 2.01. The van der Waals surface area contributed by atoms with Crippen molar-refractivity contribution in [2.24, 2.45) is 0 Å². The van der Waals surface area contributed by atoms with Crippen LogP contribution in [0, 0.1) is 5.82 Å². The molecule has 2 rings (SSSR count). The highest BCUT2D eigenvalue weighted by molar-refractivity contribution is 7.99. The largest absolute Gasteiger partial charge is 0.394 e. The molecule has 0 fully saturated rings. The van der Waals surface area contributed by atoms with Crippen molar-refractivity contribution in [1.82, 2.24) is 10.6 Å². The summed E-state index contributed by atoms with van der Waals surface area (Å²) in [6, 6.07) is 4.10. The number of hydrogen-bond donors (Lipinski definition) is 3. The van der Waals surface area contributed by atoms with Gasteiger partial charge in [-0.05, 0) is 25.0 Å². The zero-order valence-corrected chi connectivity index (χ0v) is 11.5. The molecule has 0 radical (unpaired) electrons. The quantitative estimate of drug-likeness (QED) is 0.796. The van der Waals surface area contributed by atoms with Gasteiger partial charge in [-0.3, -0.25) is 0 Å².